The minimum atomic E-state index is -0.984. The van der Waals surface area contributed by atoms with E-state index in [1.165, 1.54) is 11.1 Å². The maximum absolute atomic E-state index is 14.6. The highest BCUT2D eigenvalue weighted by molar-refractivity contribution is 6.00. The van der Waals surface area contributed by atoms with Crippen molar-refractivity contribution in [3.63, 3.8) is 0 Å². The van der Waals surface area contributed by atoms with E-state index >= 15 is 0 Å². The van der Waals surface area contributed by atoms with E-state index < -0.39 is 23.7 Å². The predicted molar refractivity (Wildman–Crippen MR) is 170 cm³/mol. The Balaban J connectivity index is 1.54. The number of carbonyl (C=O) groups is 3. The highest BCUT2D eigenvalue weighted by atomic mass is 16.2. The first-order valence-corrected chi connectivity index (χ1v) is 15.7. The van der Waals surface area contributed by atoms with Crippen molar-refractivity contribution in [2.45, 2.75) is 104 Å². The zero-order valence-corrected chi connectivity index (χ0v) is 27.2. The molecule has 2 heterocycles. The van der Waals surface area contributed by atoms with Crippen LogP contribution in [0.2, 0.25) is 0 Å². The van der Waals surface area contributed by atoms with Gasteiger partial charge in [-0.2, -0.15) is 15.0 Å². The molecule has 1 aliphatic heterocycles. The Bertz CT molecular complexity index is 1500. The molecule has 0 radical (unpaired) electrons. The Morgan fingerprint density at radius 1 is 0.977 bits per heavy atom. The molecular weight excluding hydrogens is 552 g/mol. The molecule has 0 spiro atoms. The minimum Gasteiger partial charge on any atom is -0.349 e. The summed E-state index contributed by atoms with van der Waals surface area (Å²) in [6, 6.07) is 13.3. The smallest absolute Gasteiger partial charge is 0.247 e. The number of hydrogen-bond donors (Lipinski definition) is 2. The molecular formula is C35H46N6O3. The standard InChI is InChI=1S/C35H46N6O3/c1-21(2)17-28-31(42)37-29(26-18-24-11-9-10-12-25(24)19-26)33(44)40(28)30(32(43)38-34(3,4)5)23-15-13-22(14-16-23)27-20-36-41(39-27)35(6,7)8/h9-16,20-21,26,28-30H,17-19H2,1-8H3,(H,37,42)(H,38,43). The number of rotatable bonds is 7. The first-order chi connectivity index (χ1) is 20.6. The van der Waals surface area contributed by atoms with Gasteiger partial charge in [0.05, 0.1) is 11.7 Å². The summed E-state index contributed by atoms with van der Waals surface area (Å²) in [5, 5.41) is 15.3. The second-order valence-electron chi connectivity index (χ2n) is 14.8. The van der Waals surface area contributed by atoms with Gasteiger partial charge < -0.3 is 15.5 Å². The van der Waals surface area contributed by atoms with Crippen LogP contribution in [-0.2, 0) is 32.8 Å². The minimum absolute atomic E-state index is 0.0783. The van der Waals surface area contributed by atoms with Crippen LogP contribution in [0.25, 0.3) is 11.3 Å². The van der Waals surface area contributed by atoms with Crippen LogP contribution < -0.4 is 10.6 Å². The van der Waals surface area contributed by atoms with E-state index in [1.54, 1.807) is 15.9 Å². The second kappa shape index (κ2) is 11.8. The molecule has 0 bridgehead atoms. The lowest BCUT2D eigenvalue weighted by atomic mass is 9.87. The normalized spacial score (nSPS) is 20.1. The van der Waals surface area contributed by atoms with E-state index in [-0.39, 0.29) is 35.1 Å². The maximum Gasteiger partial charge on any atom is 0.247 e. The summed E-state index contributed by atoms with van der Waals surface area (Å²) < 4.78 is 0. The van der Waals surface area contributed by atoms with Crippen molar-refractivity contribution >= 4 is 17.7 Å². The van der Waals surface area contributed by atoms with Gasteiger partial charge in [0.2, 0.25) is 17.7 Å². The Morgan fingerprint density at radius 2 is 1.59 bits per heavy atom. The van der Waals surface area contributed by atoms with Crippen LogP contribution in [0.5, 0.6) is 0 Å². The van der Waals surface area contributed by atoms with Gasteiger partial charge in [0.1, 0.15) is 23.8 Å². The number of amides is 3. The number of benzene rings is 2. The van der Waals surface area contributed by atoms with Gasteiger partial charge >= 0.3 is 0 Å². The van der Waals surface area contributed by atoms with Crippen LogP contribution in [0.15, 0.2) is 54.7 Å². The van der Waals surface area contributed by atoms with E-state index in [0.717, 1.165) is 5.56 Å². The lowest BCUT2D eigenvalue weighted by molar-refractivity contribution is -0.158. The molecule has 9 heteroatoms. The summed E-state index contributed by atoms with van der Waals surface area (Å²) in [6.07, 6.45) is 3.59. The van der Waals surface area contributed by atoms with Crippen molar-refractivity contribution in [1.29, 1.82) is 0 Å². The number of hydrogen-bond acceptors (Lipinski definition) is 5. The predicted octanol–water partition coefficient (Wildman–Crippen LogP) is 4.81. The lowest BCUT2D eigenvalue weighted by Gasteiger charge is -2.45. The van der Waals surface area contributed by atoms with Gasteiger partial charge in [-0.1, -0.05) is 62.4 Å². The number of nitrogens with zero attached hydrogens (tertiary/aromatic N) is 4. The summed E-state index contributed by atoms with van der Waals surface area (Å²) in [7, 11) is 0. The Morgan fingerprint density at radius 3 is 2.11 bits per heavy atom. The number of carbonyl (C=O) groups excluding carboxylic acids is 3. The van der Waals surface area contributed by atoms with Gasteiger partial charge in [-0.25, -0.2) is 0 Å². The van der Waals surface area contributed by atoms with Crippen molar-refractivity contribution in [2.24, 2.45) is 11.8 Å². The topological polar surface area (TPSA) is 109 Å². The van der Waals surface area contributed by atoms with Crippen LogP contribution in [0, 0.1) is 11.8 Å². The number of piperazine rings is 1. The lowest BCUT2D eigenvalue weighted by Crippen LogP contribution is -2.67. The Hall–Kier alpha value is -4.01. The molecule has 3 unspecified atom stereocenters. The third kappa shape index (κ3) is 6.56. The zero-order valence-electron chi connectivity index (χ0n) is 27.2. The average Bonchev–Trinajstić information content (AvgIpc) is 3.59. The van der Waals surface area contributed by atoms with Gasteiger partial charge in [0.15, 0.2) is 0 Å². The van der Waals surface area contributed by atoms with Gasteiger partial charge in [0, 0.05) is 11.1 Å². The quantitative estimate of drug-likeness (QED) is 0.406. The molecule has 2 aromatic carbocycles. The average molecular weight is 599 g/mol. The summed E-state index contributed by atoms with van der Waals surface area (Å²) in [4.78, 5) is 45.8. The second-order valence-corrected chi connectivity index (χ2v) is 14.8. The molecule has 2 aliphatic rings. The fourth-order valence-electron chi connectivity index (χ4n) is 6.31. The van der Waals surface area contributed by atoms with E-state index in [2.05, 4.69) is 33.0 Å². The molecule has 234 valence electrons. The molecule has 1 fully saturated rings. The zero-order chi connectivity index (χ0) is 32.0. The number of aromatic nitrogens is 3. The van der Waals surface area contributed by atoms with Gasteiger partial charge in [-0.3, -0.25) is 14.4 Å². The van der Waals surface area contributed by atoms with Crippen molar-refractivity contribution in [3.8, 4) is 11.3 Å². The molecule has 9 nitrogen and oxygen atoms in total. The van der Waals surface area contributed by atoms with Gasteiger partial charge in [-0.15, -0.1) is 0 Å². The molecule has 0 saturated carbocycles. The summed E-state index contributed by atoms with van der Waals surface area (Å²) in [5.74, 6) is -0.672. The molecule has 1 saturated heterocycles. The van der Waals surface area contributed by atoms with Gasteiger partial charge in [-0.05, 0) is 89.3 Å². The third-order valence-electron chi connectivity index (χ3n) is 8.34. The first kappa shape index (κ1) is 31.4. The molecule has 5 rings (SSSR count). The molecule has 3 atom stereocenters. The molecule has 2 N–H and O–H groups in total. The van der Waals surface area contributed by atoms with Crippen molar-refractivity contribution < 1.29 is 14.4 Å². The molecule has 3 amide bonds. The summed E-state index contributed by atoms with van der Waals surface area (Å²) >= 11 is 0. The van der Waals surface area contributed by atoms with Crippen LogP contribution in [0.4, 0.5) is 0 Å². The third-order valence-corrected chi connectivity index (χ3v) is 8.34. The van der Waals surface area contributed by atoms with E-state index in [9.17, 15) is 14.4 Å². The fraction of sp³-hybridized carbons (Fsp3) is 0.514. The van der Waals surface area contributed by atoms with Crippen LogP contribution in [0.3, 0.4) is 0 Å². The molecule has 44 heavy (non-hydrogen) atoms. The summed E-state index contributed by atoms with van der Waals surface area (Å²) in [6.45, 7) is 15.9. The fourth-order valence-corrected chi connectivity index (χ4v) is 6.31. The van der Waals surface area contributed by atoms with E-state index in [1.807, 2.05) is 91.8 Å². The summed E-state index contributed by atoms with van der Waals surface area (Å²) in [5.41, 5.74) is 3.82. The molecule has 3 aromatic rings. The van der Waals surface area contributed by atoms with E-state index in [0.29, 0.717) is 30.5 Å². The SMILES string of the molecule is CC(C)CC1C(=O)NC(C2Cc3ccccc3C2)C(=O)N1C(C(=O)NC(C)(C)C)c1ccc(-c2cnn(C(C)(C)C)n2)cc1. The highest BCUT2D eigenvalue weighted by Gasteiger charge is 2.49. The van der Waals surface area contributed by atoms with Crippen LogP contribution in [-0.4, -0.2) is 55.2 Å². The maximum atomic E-state index is 14.6. The van der Waals surface area contributed by atoms with Crippen molar-refractivity contribution in [1.82, 2.24) is 30.5 Å². The molecule has 1 aliphatic carbocycles. The van der Waals surface area contributed by atoms with Crippen LogP contribution >= 0.6 is 0 Å². The highest BCUT2D eigenvalue weighted by Crippen LogP contribution is 2.36. The largest absolute Gasteiger partial charge is 0.349 e. The number of fused-ring (bicyclic) bond motifs is 1. The monoisotopic (exact) mass is 598 g/mol. The van der Waals surface area contributed by atoms with E-state index in [4.69, 9.17) is 0 Å². The van der Waals surface area contributed by atoms with Gasteiger partial charge in [0.25, 0.3) is 0 Å². The first-order valence-electron chi connectivity index (χ1n) is 15.7. The Labute approximate surface area is 260 Å². The van der Waals surface area contributed by atoms with Crippen molar-refractivity contribution in [2.75, 3.05) is 0 Å². The molecule has 1 aromatic heterocycles. The van der Waals surface area contributed by atoms with Crippen molar-refractivity contribution in [3.05, 3.63) is 71.4 Å². The number of nitrogens with one attached hydrogen (secondary N) is 2. The Kier molecular flexibility index (Phi) is 8.44. The van der Waals surface area contributed by atoms with Crippen LogP contribution in [0.1, 0.15) is 84.5 Å².